The van der Waals surface area contributed by atoms with Crippen molar-refractivity contribution in [2.45, 2.75) is 32.2 Å². The van der Waals surface area contributed by atoms with Crippen molar-refractivity contribution in [3.8, 4) is 0 Å². The summed E-state index contributed by atoms with van der Waals surface area (Å²) in [6, 6.07) is -0.237. The molecule has 0 bridgehead atoms. The number of likely N-dealkylation sites (tertiary alicyclic amines) is 1. The van der Waals surface area contributed by atoms with Gasteiger partial charge in [0.15, 0.2) is 0 Å². The lowest BCUT2D eigenvalue weighted by Gasteiger charge is -2.34. The van der Waals surface area contributed by atoms with Crippen LogP contribution in [0, 0.1) is 5.92 Å². The van der Waals surface area contributed by atoms with Crippen LogP contribution in [0.2, 0.25) is 0 Å². The van der Waals surface area contributed by atoms with E-state index in [0.717, 1.165) is 12.8 Å². The molecule has 1 unspecified atom stereocenters. The van der Waals surface area contributed by atoms with Crippen LogP contribution in [-0.4, -0.2) is 66.7 Å². The highest BCUT2D eigenvalue weighted by molar-refractivity contribution is 5.81. The molecule has 0 spiro atoms. The predicted octanol–water partition coefficient (Wildman–Crippen LogP) is 0.267. The molecule has 6 heteroatoms. The van der Waals surface area contributed by atoms with E-state index in [1.807, 2.05) is 6.92 Å². The quantitative estimate of drug-likeness (QED) is 0.770. The third-order valence-electron chi connectivity index (χ3n) is 3.50. The van der Waals surface area contributed by atoms with Crippen LogP contribution in [0.5, 0.6) is 0 Å². The standard InChI is InChI=1S/C13H25N3O3/c1-4-11(9-17)14-12(18)10-6-5-7-16(8-10)13(19)15(2)3/h10-11,17H,4-9H2,1-3H3,(H,14,18)/t10?,11-/m0/s1. The van der Waals surface area contributed by atoms with E-state index in [1.54, 1.807) is 19.0 Å². The number of aliphatic hydroxyl groups excluding tert-OH is 1. The molecule has 110 valence electrons. The van der Waals surface area contributed by atoms with Gasteiger partial charge in [-0.3, -0.25) is 4.79 Å². The second-order valence-electron chi connectivity index (χ2n) is 5.26. The van der Waals surface area contributed by atoms with Crippen molar-refractivity contribution in [3.63, 3.8) is 0 Å². The Bertz CT molecular complexity index is 316. The number of nitrogens with zero attached hydrogens (tertiary/aromatic N) is 2. The van der Waals surface area contributed by atoms with Crippen LogP contribution in [0.25, 0.3) is 0 Å². The Morgan fingerprint density at radius 3 is 2.68 bits per heavy atom. The zero-order chi connectivity index (χ0) is 14.4. The highest BCUT2D eigenvalue weighted by Gasteiger charge is 2.29. The predicted molar refractivity (Wildman–Crippen MR) is 72.7 cm³/mol. The molecule has 0 aromatic rings. The third-order valence-corrected chi connectivity index (χ3v) is 3.50. The van der Waals surface area contributed by atoms with Crippen LogP contribution in [0.4, 0.5) is 4.79 Å². The van der Waals surface area contributed by atoms with Crippen molar-refractivity contribution in [1.82, 2.24) is 15.1 Å². The molecule has 1 heterocycles. The van der Waals surface area contributed by atoms with Crippen molar-refractivity contribution in [2.24, 2.45) is 5.92 Å². The molecule has 0 saturated carbocycles. The molecule has 0 aromatic carbocycles. The van der Waals surface area contributed by atoms with Gasteiger partial charge in [-0.2, -0.15) is 0 Å². The molecular weight excluding hydrogens is 246 g/mol. The minimum atomic E-state index is -0.188. The summed E-state index contributed by atoms with van der Waals surface area (Å²) >= 11 is 0. The number of hydrogen-bond acceptors (Lipinski definition) is 3. The summed E-state index contributed by atoms with van der Waals surface area (Å²) in [5.74, 6) is -0.226. The molecule has 6 nitrogen and oxygen atoms in total. The SMILES string of the molecule is CC[C@@H](CO)NC(=O)C1CCCN(C(=O)N(C)C)C1. The summed E-state index contributed by atoms with van der Waals surface area (Å²) in [5, 5.41) is 11.9. The fourth-order valence-corrected chi connectivity index (χ4v) is 2.24. The summed E-state index contributed by atoms with van der Waals surface area (Å²) in [7, 11) is 3.43. The Morgan fingerprint density at radius 2 is 2.16 bits per heavy atom. The molecule has 1 aliphatic rings. The van der Waals surface area contributed by atoms with Gasteiger partial charge in [-0.1, -0.05) is 6.92 Å². The van der Waals surface area contributed by atoms with E-state index >= 15 is 0 Å². The maximum absolute atomic E-state index is 12.1. The van der Waals surface area contributed by atoms with Gasteiger partial charge in [0.25, 0.3) is 0 Å². The van der Waals surface area contributed by atoms with Gasteiger partial charge < -0.3 is 20.2 Å². The fraction of sp³-hybridized carbons (Fsp3) is 0.846. The number of nitrogens with one attached hydrogen (secondary N) is 1. The first-order valence-electron chi connectivity index (χ1n) is 6.87. The average molecular weight is 271 g/mol. The van der Waals surface area contributed by atoms with Crippen LogP contribution in [0.1, 0.15) is 26.2 Å². The highest BCUT2D eigenvalue weighted by atomic mass is 16.3. The third kappa shape index (κ3) is 4.38. The number of rotatable bonds is 4. The maximum Gasteiger partial charge on any atom is 0.319 e. The molecule has 1 saturated heterocycles. The van der Waals surface area contributed by atoms with E-state index in [0.29, 0.717) is 19.5 Å². The number of urea groups is 1. The number of carbonyl (C=O) groups excluding carboxylic acids is 2. The second-order valence-corrected chi connectivity index (χ2v) is 5.26. The number of carbonyl (C=O) groups is 2. The normalized spacial score (nSPS) is 20.8. The van der Waals surface area contributed by atoms with E-state index in [9.17, 15) is 9.59 Å². The second kappa shape index (κ2) is 7.33. The van der Waals surface area contributed by atoms with E-state index in [1.165, 1.54) is 4.90 Å². The van der Waals surface area contributed by atoms with Crippen molar-refractivity contribution < 1.29 is 14.7 Å². The smallest absolute Gasteiger partial charge is 0.319 e. The van der Waals surface area contributed by atoms with Crippen molar-refractivity contribution >= 4 is 11.9 Å². The van der Waals surface area contributed by atoms with Crippen LogP contribution in [-0.2, 0) is 4.79 Å². The number of aliphatic hydroxyl groups is 1. The van der Waals surface area contributed by atoms with Gasteiger partial charge in [0.2, 0.25) is 5.91 Å². The molecule has 3 amide bonds. The topological polar surface area (TPSA) is 72.9 Å². The van der Waals surface area contributed by atoms with E-state index in [-0.39, 0.29) is 30.5 Å². The van der Waals surface area contributed by atoms with Crippen LogP contribution in [0.3, 0.4) is 0 Å². The van der Waals surface area contributed by atoms with Crippen molar-refractivity contribution in [2.75, 3.05) is 33.8 Å². The van der Waals surface area contributed by atoms with Crippen molar-refractivity contribution in [3.05, 3.63) is 0 Å². The molecule has 1 fully saturated rings. The molecule has 0 aliphatic carbocycles. The van der Waals surface area contributed by atoms with Crippen LogP contribution in [0.15, 0.2) is 0 Å². The highest BCUT2D eigenvalue weighted by Crippen LogP contribution is 2.17. The van der Waals surface area contributed by atoms with E-state index in [2.05, 4.69) is 5.32 Å². The van der Waals surface area contributed by atoms with E-state index in [4.69, 9.17) is 5.11 Å². The zero-order valence-electron chi connectivity index (χ0n) is 12.1. The molecule has 1 rings (SSSR count). The van der Waals surface area contributed by atoms with Gasteiger partial charge in [0, 0.05) is 27.2 Å². The van der Waals surface area contributed by atoms with Gasteiger partial charge in [-0.15, -0.1) is 0 Å². The Kier molecular flexibility index (Phi) is 6.08. The molecule has 0 aromatic heterocycles. The van der Waals surface area contributed by atoms with Gasteiger partial charge in [0.05, 0.1) is 18.6 Å². The fourth-order valence-electron chi connectivity index (χ4n) is 2.24. The Hall–Kier alpha value is -1.30. The summed E-state index contributed by atoms with van der Waals surface area (Å²) < 4.78 is 0. The van der Waals surface area contributed by atoms with Crippen molar-refractivity contribution in [1.29, 1.82) is 0 Å². The van der Waals surface area contributed by atoms with Gasteiger partial charge in [0.1, 0.15) is 0 Å². The first-order chi connectivity index (χ1) is 8.99. The van der Waals surface area contributed by atoms with E-state index < -0.39 is 0 Å². The Morgan fingerprint density at radius 1 is 1.47 bits per heavy atom. The summed E-state index contributed by atoms with van der Waals surface area (Å²) in [6.07, 6.45) is 2.34. The largest absolute Gasteiger partial charge is 0.394 e. The average Bonchev–Trinajstić information content (AvgIpc) is 2.43. The zero-order valence-corrected chi connectivity index (χ0v) is 12.1. The summed E-state index contributed by atoms with van der Waals surface area (Å²) in [6.45, 7) is 3.04. The Balaban J connectivity index is 2.54. The van der Waals surface area contributed by atoms with Crippen LogP contribution < -0.4 is 5.32 Å². The molecule has 2 atom stereocenters. The molecular formula is C13H25N3O3. The van der Waals surface area contributed by atoms with Gasteiger partial charge in [-0.05, 0) is 19.3 Å². The maximum atomic E-state index is 12.1. The minimum Gasteiger partial charge on any atom is -0.394 e. The number of piperidine rings is 1. The molecule has 0 radical (unpaired) electrons. The lowest BCUT2D eigenvalue weighted by atomic mass is 9.97. The first-order valence-corrected chi connectivity index (χ1v) is 6.87. The number of hydrogen-bond donors (Lipinski definition) is 2. The lowest BCUT2D eigenvalue weighted by Crippen LogP contribution is -2.50. The Labute approximate surface area is 114 Å². The lowest BCUT2D eigenvalue weighted by molar-refractivity contribution is -0.127. The van der Waals surface area contributed by atoms with Crippen LogP contribution >= 0.6 is 0 Å². The summed E-state index contributed by atoms with van der Waals surface area (Å²) in [4.78, 5) is 27.2. The first kappa shape index (κ1) is 15.8. The molecule has 1 aliphatic heterocycles. The molecule has 2 N–H and O–H groups in total. The molecule has 19 heavy (non-hydrogen) atoms. The number of amides is 3. The monoisotopic (exact) mass is 271 g/mol. The van der Waals surface area contributed by atoms with Gasteiger partial charge in [-0.25, -0.2) is 4.79 Å². The van der Waals surface area contributed by atoms with Gasteiger partial charge >= 0.3 is 6.03 Å². The summed E-state index contributed by atoms with van der Waals surface area (Å²) in [5.41, 5.74) is 0. The minimum absolute atomic E-state index is 0.0463.